The van der Waals surface area contributed by atoms with Crippen LogP contribution in [0.15, 0.2) is 78.9 Å². The molecular weight excluding hydrogens is 378 g/mol. The Morgan fingerprint density at radius 1 is 0.800 bits per heavy atom. The van der Waals surface area contributed by atoms with Gasteiger partial charge in [0.25, 0.3) is 5.91 Å². The molecule has 0 fully saturated rings. The van der Waals surface area contributed by atoms with Crippen LogP contribution in [0.1, 0.15) is 50.0 Å². The Hall–Kier alpha value is -3.73. The van der Waals surface area contributed by atoms with Crippen molar-refractivity contribution in [1.82, 2.24) is 0 Å². The van der Waals surface area contributed by atoms with E-state index in [4.69, 9.17) is 4.74 Å². The van der Waals surface area contributed by atoms with Gasteiger partial charge in [-0.3, -0.25) is 9.59 Å². The summed E-state index contributed by atoms with van der Waals surface area (Å²) in [4.78, 5) is 37.3. The summed E-state index contributed by atoms with van der Waals surface area (Å²) in [6, 6.07) is 22.6. The van der Waals surface area contributed by atoms with Crippen LogP contribution in [-0.2, 0) is 11.2 Å². The number of anilines is 1. The van der Waals surface area contributed by atoms with Gasteiger partial charge in [0.2, 0.25) is 0 Å². The molecular formula is C25H23NO4. The second-order valence-electron chi connectivity index (χ2n) is 6.81. The van der Waals surface area contributed by atoms with Crippen molar-refractivity contribution in [3.05, 3.63) is 101 Å². The number of rotatable bonds is 8. The molecule has 1 N–H and O–H groups in total. The van der Waals surface area contributed by atoms with Crippen LogP contribution in [0.3, 0.4) is 0 Å². The van der Waals surface area contributed by atoms with Crippen LogP contribution < -0.4 is 5.32 Å². The highest BCUT2D eigenvalue weighted by atomic mass is 16.5. The molecule has 152 valence electrons. The zero-order chi connectivity index (χ0) is 21.3. The molecule has 5 nitrogen and oxygen atoms in total. The number of ketones is 1. The second kappa shape index (κ2) is 10.2. The van der Waals surface area contributed by atoms with Gasteiger partial charge in [-0.1, -0.05) is 67.9 Å². The van der Waals surface area contributed by atoms with Crippen molar-refractivity contribution < 1.29 is 19.1 Å². The molecule has 3 rings (SSSR count). The third-order valence-electron chi connectivity index (χ3n) is 4.58. The van der Waals surface area contributed by atoms with Gasteiger partial charge in [0.05, 0.1) is 11.3 Å². The normalized spacial score (nSPS) is 10.3. The van der Waals surface area contributed by atoms with E-state index in [-0.39, 0.29) is 23.9 Å². The predicted molar refractivity (Wildman–Crippen MR) is 116 cm³/mol. The van der Waals surface area contributed by atoms with E-state index in [1.54, 1.807) is 60.7 Å². The van der Waals surface area contributed by atoms with Crippen molar-refractivity contribution in [1.29, 1.82) is 0 Å². The number of esters is 1. The Balaban J connectivity index is 1.64. The molecule has 0 bridgehead atoms. The fourth-order valence-electron chi connectivity index (χ4n) is 2.99. The monoisotopic (exact) mass is 401 g/mol. The molecule has 3 aromatic carbocycles. The Kier molecular flexibility index (Phi) is 7.11. The highest BCUT2D eigenvalue weighted by Crippen LogP contribution is 2.18. The summed E-state index contributed by atoms with van der Waals surface area (Å²) in [6.07, 6.45) is 1.99. The minimum absolute atomic E-state index is 0.188. The Bertz CT molecular complexity index is 1030. The van der Waals surface area contributed by atoms with Gasteiger partial charge in [0.15, 0.2) is 12.4 Å². The molecule has 5 heteroatoms. The van der Waals surface area contributed by atoms with Gasteiger partial charge in [-0.05, 0) is 36.2 Å². The van der Waals surface area contributed by atoms with E-state index in [1.165, 1.54) is 0 Å². The van der Waals surface area contributed by atoms with Gasteiger partial charge >= 0.3 is 5.97 Å². The number of hydrogen-bond acceptors (Lipinski definition) is 4. The van der Waals surface area contributed by atoms with Crippen LogP contribution in [0.5, 0.6) is 0 Å². The smallest absolute Gasteiger partial charge is 0.340 e. The van der Waals surface area contributed by atoms with Gasteiger partial charge in [-0.25, -0.2) is 4.79 Å². The van der Waals surface area contributed by atoms with E-state index in [9.17, 15) is 14.4 Å². The molecule has 30 heavy (non-hydrogen) atoms. The Labute approximate surface area is 175 Å². The maximum absolute atomic E-state index is 12.5. The van der Waals surface area contributed by atoms with Crippen molar-refractivity contribution in [2.45, 2.75) is 19.8 Å². The number of ether oxygens (including phenoxy) is 1. The number of para-hydroxylation sites is 1. The lowest BCUT2D eigenvalue weighted by molar-refractivity contribution is 0.0475. The highest BCUT2D eigenvalue weighted by Gasteiger charge is 2.17. The van der Waals surface area contributed by atoms with Gasteiger partial charge in [0, 0.05) is 11.1 Å². The first-order valence-corrected chi connectivity index (χ1v) is 9.83. The fourth-order valence-corrected chi connectivity index (χ4v) is 2.99. The average Bonchev–Trinajstić information content (AvgIpc) is 2.79. The zero-order valence-electron chi connectivity index (χ0n) is 16.8. The van der Waals surface area contributed by atoms with E-state index < -0.39 is 5.97 Å². The number of carbonyl (C=O) groups is 3. The SMILES string of the molecule is CCCc1ccc(C(=O)COC(=O)c2ccccc2NC(=O)c2ccccc2)cc1. The average molecular weight is 401 g/mol. The summed E-state index contributed by atoms with van der Waals surface area (Å²) in [7, 11) is 0. The van der Waals surface area contributed by atoms with Crippen molar-refractivity contribution in [2.75, 3.05) is 11.9 Å². The molecule has 0 radical (unpaired) electrons. The second-order valence-corrected chi connectivity index (χ2v) is 6.81. The van der Waals surface area contributed by atoms with E-state index >= 15 is 0 Å². The molecule has 0 aliphatic heterocycles. The topological polar surface area (TPSA) is 72.5 Å². The Morgan fingerprint density at radius 2 is 1.47 bits per heavy atom. The van der Waals surface area contributed by atoms with Crippen LogP contribution in [-0.4, -0.2) is 24.3 Å². The standard InChI is InChI=1S/C25H23NO4/c1-2-8-18-13-15-19(16-14-18)23(27)17-30-25(29)21-11-6-7-12-22(21)26-24(28)20-9-4-3-5-10-20/h3-7,9-16H,2,8,17H2,1H3,(H,26,28). The maximum atomic E-state index is 12.5. The molecule has 0 spiro atoms. The summed E-state index contributed by atoms with van der Waals surface area (Å²) in [5, 5.41) is 2.72. The van der Waals surface area contributed by atoms with Crippen LogP contribution in [0.4, 0.5) is 5.69 Å². The number of benzene rings is 3. The number of Topliss-reactive ketones (excluding diaryl/α,β-unsaturated/α-hetero) is 1. The number of hydrogen-bond donors (Lipinski definition) is 1. The van der Waals surface area contributed by atoms with Gasteiger partial charge in [0.1, 0.15) is 0 Å². The van der Waals surface area contributed by atoms with Crippen molar-refractivity contribution >= 4 is 23.3 Å². The summed E-state index contributed by atoms with van der Waals surface area (Å²) in [6.45, 7) is 1.73. The molecule has 3 aromatic rings. The van der Waals surface area contributed by atoms with Gasteiger partial charge in [-0.2, -0.15) is 0 Å². The molecule has 1 amide bonds. The highest BCUT2D eigenvalue weighted by molar-refractivity contribution is 6.08. The number of aryl methyl sites for hydroxylation is 1. The minimum atomic E-state index is -0.671. The first-order valence-electron chi connectivity index (χ1n) is 9.83. The molecule has 0 saturated carbocycles. The predicted octanol–water partition coefficient (Wildman–Crippen LogP) is 4.93. The van der Waals surface area contributed by atoms with Crippen molar-refractivity contribution in [3.8, 4) is 0 Å². The minimum Gasteiger partial charge on any atom is -0.454 e. The van der Waals surface area contributed by atoms with Crippen molar-refractivity contribution in [3.63, 3.8) is 0 Å². The lowest BCUT2D eigenvalue weighted by Gasteiger charge is -2.11. The summed E-state index contributed by atoms with van der Waals surface area (Å²) < 4.78 is 5.21. The van der Waals surface area contributed by atoms with Crippen LogP contribution in [0.25, 0.3) is 0 Å². The number of nitrogens with one attached hydrogen (secondary N) is 1. The molecule has 0 aromatic heterocycles. The van der Waals surface area contributed by atoms with E-state index in [0.29, 0.717) is 16.8 Å². The molecule has 0 saturated heterocycles. The summed E-state index contributed by atoms with van der Waals surface area (Å²) in [5.74, 6) is -1.29. The number of amides is 1. The van der Waals surface area contributed by atoms with Gasteiger partial charge in [-0.15, -0.1) is 0 Å². The summed E-state index contributed by atoms with van der Waals surface area (Å²) >= 11 is 0. The van der Waals surface area contributed by atoms with E-state index in [2.05, 4.69) is 12.2 Å². The van der Waals surface area contributed by atoms with E-state index in [1.807, 2.05) is 18.2 Å². The van der Waals surface area contributed by atoms with Crippen molar-refractivity contribution in [2.24, 2.45) is 0 Å². The quantitative estimate of drug-likeness (QED) is 0.429. The molecule has 0 aliphatic carbocycles. The van der Waals surface area contributed by atoms with Crippen LogP contribution in [0.2, 0.25) is 0 Å². The largest absolute Gasteiger partial charge is 0.454 e. The molecule has 0 atom stereocenters. The molecule has 0 heterocycles. The molecule has 0 aliphatic rings. The third-order valence-corrected chi connectivity index (χ3v) is 4.58. The maximum Gasteiger partial charge on any atom is 0.340 e. The first kappa shape index (κ1) is 21.0. The molecule has 0 unspecified atom stereocenters. The first-order chi connectivity index (χ1) is 14.6. The lowest BCUT2D eigenvalue weighted by Crippen LogP contribution is -2.18. The Morgan fingerprint density at radius 3 is 2.17 bits per heavy atom. The lowest BCUT2D eigenvalue weighted by atomic mass is 10.1. The van der Waals surface area contributed by atoms with Gasteiger partial charge < -0.3 is 10.1 Å². The zero-order valence-corrected chi connectivity index (χ0v) is 16.8. The third kappa shape index (κ3) is 5.41. The van der Waals surface area contributed by atoms with Crippen LogP contribution >= 0.6 is 0 Å². The summed E-state index contributed by atoms with van der Waals surface area (Å²) in [5.41, 5.74) is 2.64. The van der Waals surface area contributed by atoms with E-state index in [0.717, 1.165) is 18.4 Å². The number of carbonyl (C=O) groups excluding carboxylic acids is 3. The van der Waals surface area contributed by atoms with Crippen LogP contribution in [0, 0.1) is 0 Å². The fraction of sp³-hybridized carbons (Fsp3) is 0.160.